The van der Waals surface area contributed by atoms with Crippen LogP contribution in [-0.2, 0) is 5.60 Å². The van der Waals surface area contributed by atoms with Crippen LogP contribution < -0.4 is 10.5 Å². The summed E-state index contributed by atoms with van der Waals surface area (Å²) in [4.78, 5) is 0. The van der Waals surface area contributed by atoms with Crippen LogP contribution in [0.2, 0.25) is 5.02 Å². The quantitative estimate of drug-likeness (QED) is 0.875. The molecule has 122 valence electrons. The molecule has 3 N–H and O–H groups in total. The van der Waals surface area contributed by atoms with E-state index in [4.69, 9.17) is 22.1 Å². The fourth-order valence-corrected chi connectivity index (χ4v) is 3.13. The van der Waals surface area contributed by atoms with Gasteiger partial charge in [-0.2, -0.15) is 0 Å². The van der Waals surface area contributed by atoms with Crippen LogP contribution in [0.1, 0.15) is 18.4 Å². The van der Waals surface area contributed by atoms with Crippen LogP contribution in [0.4, 0.5) is 4.39 Å². The molecule has 0 aliphatic heterocycles. The molecule has 0 aromatic heterocycles. The van der Waals surface area contributed by atoms with Crippen LogP contribution in [0.5, 0.6) is 5.75 Å². The molecule has 0 bridgehead atoms. The molecule has 3 nitrogen and oxygen atoms in total. The summed E-state index contributed by atoms with van der Waals surface area (Å²) >= 11 is 5.89. The summed E-state index contributed by atoms with van der Waals surface area (Å²) in [6, 6.07) is 10.00. The molecule has 2 aromatic rings. The van der Waals surface area contributed by atoms with E-state index in [-0.39, 0.29) is 17.5 Å². The maximum absolute atomic E-state index is 13.4. The number of ether oxygens (including phenoxy) is 1. The third-order valence-electron chi connectivity index (χ3n) is 4.49. The molecule has 1 saturated carbocycles. The molecule has 23 heavy (non-hydrogen) atoms. The number of halogens is 2. The molecule has 1 fully saturated rings. The smallest absolute Gasteiger partial charge is 0.141 e. The predicted molar refractivity (Wildman–Crippen MR) is 89.1 cm³/mol. The summed E-state index contributed by atoms with van der Waals surface area (Å²) in [5.41, 5.74) is 7.02. The van der Waals surface area contributed by atoms with E-state index in [1.807, 2.05) is 12.1 Å². The Labute approximate surface area is 139 Å². The second-order valence-corrected chi connectivity index (χ2v) is 6.35. The zero-order valence-electron chi connectivity index (χ0n) is 12.9. The number of rotatable bonds is 5. The molecule has 3 rings (SSSR count). The molecular weight excluding hydrogens is 317 g/mol. The third kappa shape index (κ3) is 2.94. The van der Waals surface area contributed by atoms with Crippen molar-refractivity contribution in [3.05, 3.63) is 52.8 Å². The average Bonchev–Trinajstić information content (AvgIpc) is 3.41. The summed E-state index contributed by atoms with van der Waals surface area (Å²) in [6.45, 7) is 0.160. The highest BCUT2D eigenvalue weighted by molar-refractivity contribution is 6.31. The van der Waals surface area contributed by atoms with Crippen molar-refractivity contribution in [1.29, 1.82) is 0 Å². The molecule has 1 unspecified atom stereocenters. The summed E-state index contributed by atoms with van der Waals surface area (Å²) in [5, 5.41) is 11.0. The van der Waals surface area contributed by atoms with E-state index >= 15 is 0 Å². The van der Waals surface area contributed by atoms with Crippen LogP contribution >= 0.6 is 11.6 Å². The third-order valence-corrected chi connectivity index (χ3v) is 4.78. The van der Waals surface area contributed by atoms with Gasteiger partial charge in [-0.3, -0.25) is 0 Å². The van der Waals surface area contributed by atoms with Crippen molar-refractivity contribution >= 4 is 11.6 Å². The van der Waals surface area contributed by atoms with Crippen molar-refractivity contribution in [3.8, 4) is 16.9 Å². The minimum absolute atomic E-state index is 0.0474. The second kappa shape index (κ2) is 6.11. The molecule has 0 radical (unpaired) electrons. The van der Waals surface area contributed by atoms with E-state index in [9.17, 15) is 9.50 Å². The molecule has 1 aliphatic rings. The van der Waals surface area contributed by atoms with Gasteiger partial charge in [0.15, 0.2) is 0 Å². The van der Waals surface area contributed by atoms with Crippen LogP contribution in [0, 0.1) is 11.7 Å². The SMILES string of the molecule is COc1ccc(C(O)(CN)C2CC2)cc1-c1ccc(F)c(Cl)c1. The van der Waals surface area contributed by atoms with E-state index in [0.29, 0.717) is 5.75 Å². The van der Waals surface area contributed by atoms with Gasteiger partial charge < -0.3 is 15.6 Å². The fourth-order valence-electron chi connectivity index (χ4n) is 2.95. The highest BCUT2D eigenvalue weighted by Crippen LogP contribution is 2.46. The van der Waals surface area contributed by atoms with E-state index in [1.54, 1.807) is 25.3 Å². The lowest BCUT2D eigenvalue weighted by Gasteiger charge is -2.28. The van der Waals surface area contributed by atoms with E-state index in [2.05, 4.69) is 0 Å². The largest absolute Gasteiger partial charge is 0.496 e. The molecule has 1 atom stereocenters. The van der Waals surface area contributed by atoms with Crippen LogP contribution in [0.25, 0.3) is 11.1 Å². The molecule has 0 saturated heterocycles. The Morgan fingerprint density at radius 3 is 2.61 bits per heavy atom. The summed E-state index contributed by atoms with van der Waals surface area (Å²) < 4.78 is 18.8. The zero-order chi connectivity index (χ0) is 16.6. The fraction of sp³-hybridized carbons (Fsp3) is 0.333. The first-order valence-corrected chi connectivity index (χ1v) is 7.93. The Morgan fingerprint density at radius 2 is 2.04 bits per heavy atom. The number of aliphatic hydroxyl groups is 1. The van der Waals surface area contributed by atoms with Crippen molar-refractivity contribution in [1.82, 2.24) is 0 Å². The number of methoxy groups -OCH3 is 1. The first-order chi connectivity index (χ1) is 11.0. The van der Waals surface area contributed by atoms with Crippen molar-refractivity contribution in [2.75, 3.05) is 13.7 Å². The summed E-state index contributed by atoms with van der Waals surface area (Å²) in [6.07, 6.45) is 1.94. The first kappa shape index (κ1) is 16.2. The number of hydrogen-bond donors (Lipinski definition) is 2. The minimum Gasteiger partial charge on any atom is -0.496 e. The van der Waals surface area contributed by atoms with Gasteiger partial charge in [-0.1, -0.05) is 23.7 Å². The van der Waals surface area contributed by atoms with Crippen molar-refractivity contribution in [3.63, 3.8) is 0 Å². The van der Waals surface area contributed by atoms with Crippen LogP contribution in [0.3, 0.4) is 0 Å². The number of nitrogens with two attached hydrogens (primary N) is 1. The molecule has 1 aliphatic carbocycles. The maximum Gasteiger partial charge on any atom is 0.141 e. The average molecular weight is 336 g/mol. The van der Waals surface area contributed by atoms with Gasteiger partial charge in [0.1, 0.15) is 17.2 Å². The molecule has 0 heterocycles. The lowest BCUT2D eigenvalue weighted by molar-refractivity contribution is 0.0222. The Morgan fingerprint density at radius 1 is 1.30 bits per heavy atom. The molecule has 0 spiro atoms. The molecule has 5 heteroatoms. The Hall–Kier alpha value is -1.62. The first-order valence-electron chi connectivity index (χ1n) is 7.56. The molecule has 2 aromatic carbocycles. The maximum atomic E-state index is 13.4. The van der Waals surface area contributed by atoms with Gasteiger partial charge >= 0.3 is 0 Å². The highest BCUT2D eigenvalue weighted by atomic mass is 35.5. The molecular formula is C18H19ClFNO2. The van der Waals surface area contributed by atoms with Gasteiger partial charge in [0.25, 0.3) is 0 Å². The summed E-state index contributed by atoms with van der Waals surface area (Å²) in [5.74, 6) is 0.346. The van der Waals surface area contributed by atoms with Gasteiger partial charge in [-0.15, -0.1) is 0 Å². The predicted octanol–water partition coefficient (Wildman–Crippen LogP) is 3.71. The molecule has 0 amide bonds. The Balaban J connectivity index is 2.11. The van der Waals surface area contributed by atoms with Crippen LogP contribution in [0.15, 0.2) is 36.4 Å². The van der Waals surface area contributed by atoms with E-state index in [0.717, 1.165) is 29.5 Å². The highest BCUT2D eigenvalue weighted by Gasteiger charge is 2.44. The van der Waals surface area contributed by atoms with Crippen LogP contribution in [-0.4, -0.2) is 18.8 Å². The van der Waals surface area contributed by atoms with Crippen molar-refractivity contribution in [2.24, 2.45) is 11.7 Å². The summed E-state index contributed by atoms with van der Waals surface area (Å²) in [7, 11) is 1.57. The van der Waals surface area contributed by atoms with E-state index < -0.39 is 11.4 Å². The van der Waals surface area contributed by atoms with Gasteiger partial charge in [-0.25, -0.2) is 4.39 Å². The van der Waals surface area contributed by atoms with E-state index in [1.165, 1.54) is 6.07 Å². The van der Waals surface area contributed by atoms with Gasteiger partial charge in [0.2, 0.25) is 0 Å². The number of benzene rings is 2. The second-order valence-electron chi connectivity index (χ2n) is 5.95. The van der Waals surface area contributed by atoms with Gasteiger partial charge in [-0.05, 0) is 54.2 Å². The van der Waals surface area contributed by atoms with Crippen molar-refractivity contribution < 1.29 is 14.2 Å². The standard InChI is InChI=1S/C18H19ClFNO2/c1-23-17-7-5-13(18(22,10-21)12-3-4-12)9-14(17)11-2-6-16(20)15(19)8-11/h2,5-9,12,22H,3-4,10,21H2,1H3. The van der Waals surface area contributed by atoms with Gasteiger partial charge in [0.05, 0.1) is 12.1 Å². The lowest BCUT2D eigenvalue weighted by atomic mass is 9.86. The number of hydrogen-bond acceptors (Lipinski definition) is 3. The Kier molecular flexibility index (Phi) is 4.32. The Bertz CT molecular complexity index is 733. The van der Waals surface area contributed by atoms with Crippen molar-refractivity contribution in [2.45, 2.75) is 18.4 Å². The zero-order valence-corrected chi connectivity index (χ0v) is 13.6. The lowest BCUT2D eigenvalue weighted by Crippen LogP contribution is -2.37. The minimum atomic E-state index is -1.04. The normalized spacial score (nSPS) is 16.9. The topological polar surface area (TPSA) is 55.5 Å². The van der Waals surface area contributed by atoms with Gasteiger partial charge in [0, 0.05) is 12.1 Å². The monoisotopic (exact) mass is 335 g/mol.